The van der Waals surface area contributed by atoms with Crippen LogP contribution in [-0.2, 0) is 18.4 Å². The zero-order chi connectivity index (χ0) is 18.8. The average molecular weight is 360 g/mol. The van der Waals surface area contributed by atoms with Crippen LogP contribution >= 0.6 is 0 Å². The molecule has 9 nitrogen and oxygen atoms in total. The van der Waals surface area contributed by atoms with Crippen molar-refractivity contribution < 1.29 is 14.7 Å². The Kier molecular flexibility index (Phi) is 5.08. The highest BCUT2D eigenvalue weighted by molar-refractivity contribution is 5.85. The van der Waals surface area contributed by atoms with Crippen LogP contribution in [0.3, 0.4) is 0 Å². The lowest BCUT2D eigenvalue weighted by atomic mass is 10.2. The SMILES string of the molecule is Cc1nn(C)cc1CN1CCN(C(=O)C(C)n2ccc(C(=O)O)n2)CC1. The van der Waals surface area contributed by atoms with E-state index in [1.54, 1.807) is 6.92 Å². The van der Waals surface area contributed by atoms with Crippen LogP contribution in [-0.4, -0.2) is 72.5 Å². The summed E-state index contributed by atoms with van der Waals surface area (Å²) in [5, 5.41) is 17.3. The van der Waals surface area contributed by atoms with E-state index >= 15 is 0 Å². The van der Waals surface area contributed by atoms with Crippen LogP contribution in [0.25, 0.3) is 0 Å². The molecule has 0 aliphatic carbocycles. The number of hydrogen-bond donors (Lipinski definition) is 1. The van der Waals surface area contributed by atoms with Gasteiger partial charge in [-0.1, -0.05) is 0 Å². The monoisotopic (exact) mass is 360 g/mol. The standard InChI is InChI=1S/C17H24N6O3/c1-12-14(10-20(3)18-12)11-21-6-8-22(9-7-21)16(24)13(2)23-5-4-15(19-23)17(25)26/h4-5,10,13H,6-9,11H2,1-3H3,(H,25,26). The van der Waals surface area contributed by atoms with E-state index in [1.807, 2.05) is 29.7 Å². The third kappa shape index (κ3) is 3.77. The highest BCUT2D eigenvalue weighted by Gasteiger charge is 2.27. The lowest BCUT2D eigenvalue weighted by Gasteiger charge is -2.35. The predicted molar refractivity (Wildman–Crippen MR) is 93.7 cm³/mol. The van der Waals surface area contributed by atoms with Gasteiger partial charge in [0, 0.05) is 57.7 Å². The van der Waals surface area contributed by atoms with E-state index in [-0.39, 0.29) is 11.6 Å². The molecule has 140 valence electrons. The van der Waals surface area contributed by atoms with E-state index in [2.05, 4.69) is 15.1 Å². The third-order valence-corrected chi connectivity index (χ3v) is 4.77. The number of aromatic nitrogens is 4. The van der Waals surface area contributed by atoms with Gasteiger partial charge >= 0.3 is 5.97 Å². The number of aromatic carboxylic acids is 1. The first-order chi connectivity index (χ1) is 12.3. The predicted octanol–water partition coefficient (Wildman–Crippen LogP) is 0.529. The molecular weight excluding hydrogens is 336 g/mol. The molecule has 1 atom stereocenters. The molecule has 1 aliphatic rings. The van der Waals surface area contributed by atoms with Gasteiger partial charge < -0.3 is 10.0 Å². The van der Waals surface area contributed by atoms with Gasteiger partial charge in [-0.2, -0.15) is 10.2 Å². The molecule has 2 aromatic rings. The van der Waals surface area contributed by atoms with Crippen LogP contribution in [0.4, 0.5) is 0 Å². The Balaban J connectivity index is 1.55. The number of piperazine rings is 1. The molecule has 0 saturated carbocycles. The number of amides is 1. The van der Waals surface area contributed by atoms with Crippen molar-refractivity contribution in [3.8, 4) is 0 Å². The van der Waals surface area contributed by atoms with Crippen molar-refractivity contribution in [2.24, 2.45) is 7.05 Å². The van der Waals surface area contributed by atoms with Crippen LogP contribution in [0.5, 0.6) is 0 Å². The summed E-state index contributed by atoms with van der Waals surface area (Å²) in [6, 6.07) is 0.885. The van der Waals surface area contributed by atoms with Crippen molar-refractivity contribution in [2.75, 3.05) is 26.2 Å². The second-order valence-electron chi connectivity index (χ2n) is 6.68. The van der Waals surface area contributed by atoms with Gasteiger partial charge in [-0.05, 0) is 19.9 Å². The van der Waals surface area contributed by atoms with E-state index in [9.17, 15) is 9.59 Å². The van der Waals surface area contributed by atoms with Gasteiger partial charge in [0.25, 0.3) is 0 Å². The highest BCUT2D eigenvalue weighted by Crippen LogP contribution is 2.15. The second kappa shape index (κ2) is 7.28. The molecule has 1 aliphatic heterocycles. The van der Waals surface area contributed by atoms with Gasteiger partial charge in [0.1, 0.15) is 6.04 Å². The van der Waals surface area contributed by atoms with Crippen molar-refractivity contribution in [3.05, 3.63) is 35.4 Å². The van der Waals surface area contributed by atoms with Crippen molar-refractivity contribution in [2.45, 2.75) is 26.4 Å². The maximum atomic E-state index is 12.7. The fourth-order valence-corrected chi connectivity index (χ4v) is 3.22. The first-order valence-corrected chi connectivity index (χ1v) is 8.64. The van der Waals surface area contributed by atoms with Gasteiger partial charge in [0.2, 0.25) is 5.91 Å². The van der Waals surface area contributed by atoms with Gasteiger partial charge in [-0.25, -0.2) is 4.79 Å². The lowest BCUT2D eigenvalue weighted by Crippen LogP contribution is -2.50. The van der Waals surface area contributed by atoms with Crippen LogP contribution in [0.15, 0.2) is 18.5 Å². The van der Waals surface area contributed by atoms with E-state index in [0.717, 1.165) is 25.3 Å². The first kappa shape index (κ1) is 18.1. The zero-order valence-corrected chi connectivity index (χ0v) is 15.3. The molecule has 26 heavy (non-hydrogen) atoms. The summed E-state index contributed by atoms with van der Waals surface area (Å²) in [5.74, 6) is -1.13. The minimum absolute atomic E-state index is 0.0396. The fourth-order valence-electron chi connectivity index (χ4n) is 3.22. The maximum Gasteiger partial charge on any atom is 0.356 e. The van der Waals surface area contributed by atoms with Crippen LogP contribution in [0.2, 0.25) is 0 Å². The molecule has 0 radical (unpaired) electrons. The first-order valence-electron chi connectivity index (χ1n) is 8.64. The average Bonchev–Trinajstić information content (AvgIpc) is 3.21. The van der Waals surface area contributed by atoms with Gasteiger partial charge in [0.15, 0.2) is 5.69 Å². The highest BCUT2D eigenvalue weighted by atomic mass is 16.4. The summed E-state index contributed by atoms with van der Waals surface area (Å²) in [6.07, 6.45) is 3.57. The summed E-state index contributed by atoms with van der Waals surface area (Å²) in [7, 11) is 1.92. The topological polar surface area (TPSA) is 96.5 Å². The number of carboxylic acid groups (broad SMARTS) is 1. The number of rotatable bonds is 5. The third-order valence-electron chi connectivity index (χ3n) is 4.77. The summed E-state index contributed by atoms with van der Waals surface area (Å²) < 4.78 is 3.23. The lowest BCUT2D eigenvalue weighted by molar-refractivity contribution is -0.136. The Morgan fingerprint density at radius 3 is 2.46 bits per heavy atom. The molecule has 9 heteroatoms. The minimum atomic E-state index is -1.09. The Labute approximate surface area is 151 Å². The molecule has 1 amide bonds. The maximum absolute atomic E-state index is 12.7. The van der Waals surface area contributed by atoms with Crippen molar-refractivity contribution in [3.63, 3.8) is 0 Å². The van der Waals surface area contributed by atoms with Crippen LogP contribution in [0.1, 0.15) is 34.7 Å². The minimum Gasteiger partial charge on any atom is -0.476 e. The summed E-state index contributed by atoms with van der Waals surface area (Å²) in [5.41, 5.74) is 2.19. The normalized spacial score (nSPS) is 16.7. The van der Waals surface area contributed by atoms with Crippen molar-refractivity contribution in [1.82, 2.24) is 29.4 Å². The molecule has 0 bridgehead atoms. The Hall–Kier alpha value is -2.68. The largest absolute Gasteiger partial charge is 0.476 e. The number of carbonyl (C=O) groups is 2. The summed E-state index contributed by atoms with van der Waals surface area (Å²) in [6.45, 7) is 7.47. The molecule has 0 spiro atoms. The van der Waals surface area contributed by atoms with Gasteiger partial charge in [-0.3, -0.25) is 19.1 Å². The fraction of sp³-hybridized carbons (Fsp3) is 0.529. The number of aryl methyl sites for hydroxylation is 2. The number of nitrogens with zero attached hydrogens (tertiary/aromatic N) is 6. The molecule has 1 saturated heterocycles. The molecule has 3 heterocycles. The molecule has 1 N–H and O–H groups in total. The van der Waals surface area contributed by atoms with Gasteiger partial charge in [0.05, 0.1) is 5.69 Å². The van der Waals surface area contributed by atoms with Crippen molar-refractivity contribution in [1.29, 1.82) is 0 Å². The number of hydrogen-bond acceptors (Lipinski definition) is 5. The molecule has 0 aromatic carbocycles. The molecule has 3 rings (SSSR count). The van der Waals surface area contributed by atoms with E-state index in [1.165, 1.54) is 22.5 Å². The quantitative estimate of drug-likeness (QED) is 0.835. The molecule has 1 fully saturated rings. The molecule has 1 unspecified atom stereocenters. The smallest absolute Gasteiger partial charge is 0.356 e. The second-order valence-corrected chi connectivity index (χ2v) is 6.68. The van der Waals surface area contributed by atoms with Crippen LogP contribution in [0, 0.1) is 6.92 Å². The Bertz CT molecular complexity index is 803. The number of carboxylic acids is 1. The Morgan fingerprint density at radius 2 is 1.92 bits per heavy atom. The molecule has 2 aromatic heterocycles. The summed E-state index contributed by atoms with van der Waals surface area (Å²) >= 11 is 0. The van der Waals surface area contributed by atoms with E-state index in [4.69, 9.17) is 5.11 Å². The van der Waals surface area contributed by atoms with Gasteiger partial charge in [-0.15, -0.1) is 0 Å². The molecular formula is C17H24N6O3. The summed E-state index contributed by atoms with van der Waals surface area (Å²) in [4.78, 5) is 27.8. The number of carbonyl (C=O) groups excluding carboxylic acids is 1. The zero-order valence-electron chi connectivity index (χ0n) is 15.3. The Morgan fingerprint density at radius 1 is 1.23 bits per heavy atom. The van der Waals surface area contributed by atoms with E-state index in [0.29, 0.717) is 13.1 Å². The van der Waals surface area contributed by atoms with Crippen LogP contribution < -0.4 is 0 Å². The van der Waals surface area contributed by atoms with E-state index < -0.39 is 12.0 Å². The van der Waals surface area contributed by atoms with Crippen molar-refractivity contribution >= 4 is 11.9 Å².